The lowest BCUT2D eigenvalue weighted by atomic mass is 10.1. The first kappa shape index (κ1) is 20.6. The highest BCUT2D eigenvalue weighted by Crippen LogP contribution is 2.27. The molecule has 0 aliphatic carbocycles. The Morgan fingerprint density at radius 1 is 1.17 bits per heavy atom. The Bertz CT molecular complexity index is 985. The molecule has 2 heterocycles. The van der Waals surface area contributed by atoms with Crippen molar-refractivity contribution in [2.75, 3.05) is 24.2 Å². The van der Waals surface area contributed by atoms with Gasteiger partial charge in [0.15, 0.2) is 0 Å². The smallest absolute Gasteiger partial charge is 0.261 e. The summed E-state index contributed by atoms with van der Waals surface area (Å²) >= 11 is 1.53. The molecule has 6 nitrogen and oxygen atoms in total. The van der Waals surface area contributed by atoms with Crippen LogP contribution in [0.4, 0.5) is 5.69 Å². The minimum Gasteiger partial charge on any atom is -0.376 e. The third-order valence-electron chi connectivity index (χ3n) is 5.25. The summed E-state index contributed by atoms with van der Waals surface area (Å²) in [7, 11) is 0. The molecule has 1 atom stereocenters. The molecule has 0 spiro atoms. The predicted octanol–water partition coefficient (Wildman–Crippen LogP) is 3.64. The summed E-state index contributed by atoms with van der Waals surface area (Å²) in [6, 6.07) is 13.1. The van der Waals surface area contributed by atoms with Crippen LogP contribution in [-0.2, 0) is 15.3 Å². The Kier molecular flexibility index (Phi) is 6.20. The van der Waals surface area contributed by atoms with E-state index in [0.29, 0.717) is 29.2 Å². The van der Waals surface area contributed by atoms with Gasteiger partial charge in [0.05, 0.1) is 29.5 Å². The molecule has 0 bridgehead atoms. The number of ether oxygens (including phenoxy) is 1. The Balaban J connectivity index is 1.34. The third-order valence-corrected chi connectivity index (χ3v) is 6.25. The molecule has 1 unspecified atom stereocenters. The van der Waals surface area contributed by atoms with Crippen LogP contribution in [0.3, 0.4) is 0 Å². The van der Waals surface area contributed by atoms with E-state index in [9.17, 15) is 14.4 Å². The Hall–Kier alpha value is -2.64. The molecule has 4 rings (SSSR count). The first-order valence-electron chi connectivity index (χ1n) is 10.1. The van der Waals surface area contributed by atoms with Gasteiger partial charge in [0.1, 0.15) is 0 Å². The summed E-state index contributed by atoms with van der Waals surface area (Å²) < 4.78 is 5.56. The van der Waals surface area contributed by atoms with Gasteiger partial charge in [-0.15, -0.1) is 11.8 Å². The van der Waals surface area contributed by atoms with Crippen molar-refractivity contribution in [1.82, 2.24) is 4.90 Å². The highest BCUT2D eigenvalue weighted by molar-refractivity contribution is 7.99. The van der Waals surface area contributed by atoms with Crippen molar-refractivity contribution in [3.05, 3.63) is 64.7 Å². The fraction of sp³-hybridized carbons (Fsp3) is 0.348. The number of fused-ring (bicyclic) bond motifs is 1. The van der Waals surface area contributed by atoms with E-state index in [4.69, 9.17) is 4.74 Å². The van der Waals surface area contributed by atoms with Crippen LogP contribution >= 0.6 is 11.8 Å². The molecule has 3 amide bonds. The van der Waals surface area contributed by atoms with E-state index >= 15 is 0 Å². The van der Waals surface area contributed by atoms with E-state index in [-0.39, 0.29) is 30.4 Å². The van der Waals surface area contributed by atoms with Crippen LogP contribution in [0, 0.1) is 6.92 Å². The van der Waals surface area contributed by atoms with Gasteiger partial charge in [-0.25, -0.2) is 0 Å². The zero-order valence-electron chi connectivity index (χ0n) is 16.8. The summed E-state index contributed by atoms with van der Waals surface area (Å²) in [6.07, 6.45) is 1.72. The summed E-state index contributed by atoms with van der Waals surface area (Å²) in [6.45, 7) is 3.00. The molecule has 0 saturated carbocycles. The van der Waals surface area contributed by atoms with Gasteiger partial charge in [0, 0.05) is 18.0 Å². The van der Waals surface area contributed by atoms with Gasteiger partial charge < -0.3 is 10.1 Å². The highest BCUT2D eigenvalue weighted by Gasteiger charge is 2.37. The summed E-state index contributed by atoms with van der Waals surface area (Å²) in [5.41, 5.74) is 3.62. The van der Waals surface area contributed by atoms with Gasteiger partial charge >= 0.3 is 0 Å². The first-order valence-corrected chi connectivity index (χ1v) is 11.2. The molecule has 1 N–H and O–H groups in total. The molecule has 2 aliphatic heterocycles. The molecule has 2 aliphatic rings. The van der Waals surface area contributed by atoms with Crippen LogP contribution < -0.4 is 5.32 Å². The SMILES string of the molecule is Cc1cccc(CSCC(=O)Nc2ccc3c(c2)C(=O)N(CC2CCCO2)C3=O)c1. The highest BCUT2D eigenvalue weighted by atomic mass is 32.2. The van der Waals surface area contributed by atoms with Gasteiger partial charge in [-0.05, 0) is 43.5 Å². The van der Waals surface area contributed by atoms with E-state index in [1.165, 1.54) is 27.8 Å². The maximum absolute atomic E-state index is 12.7. The molecule has 156 valence electrons. The van der Waals surface area contributed by atoms with Gasteiger partial charge in [-0.3, -0.25) is 19.3 Å². The molecule has 1 saturated heterocycles. The fourth-order valence-electron chi connectivity index (χ4n) is 3.79. The first-order chi connectivity index (χ1) is 14.5. The molecule has 2 aromatic carbocycles. The number of benzene rings is 2. The topological polar surface area (TPSA) is 75.7 Å². The number of carbonyl (C=O) groups excluding carboxylic acids is 3. The molecule has 2 aromatic rings. The minimum absolute atomic E-state index is 0.0863. The second kappa shape index (κ2) is 9.02. The molecular weight excluding hydrogens is 400 g/mol. The number of aryl methyl sites for hydroxylation is 1. The van der Waals surface area contributed by atoms with Gasteiger partial charge in [0.2, 0.25) is 5.91 Å². The number of amides is 3. The predicted molar refractivity (Wildman–Crippen MR) is 117 cm³/mol. The van der Waals surface area contributed by atoms with Crippen LogP contribution in [0.25, 0.3) is 0 Å². The maximum Gasteiger partial charge on any atom is 0.261 e. The van der Waals surface area contributed by atoms with Crippen molar-refractivity contribution < 1.29 is 19.1 Å². The summed E-state index contributed by atoms with van der Waals surface area (Å²) in [5.74, 6) is 0.307. The molecule has 30 heavy (non-hydrogen) atoms. The number of nitrogens with one attached hydrogen (secondary N) is 1. The van der Waals surface area contributed by atoms with Gasteiger partial charge in [-0.2, -0.15) is 0 Å². The zero-order valence-corrected chi connectivity index (χ0v) is 17.7. The Labute approximate surface area is 180 Å². The number of anilines is 1. The normalized spacial score (nSPS) is 18.0. The fourth-order valence-corrected chi connectivity index (χ4v) is 4.56. The number of rotatable bonds is 7. The Morgan fingerprint density at radius 2 is 2.00 bits per heavy atom. The van der Waals surface area contributed by atoms with Crippen molar-refractivity contribution in [3.63, 3.8) is 0 Å². The van der Waals surface area contributed by atoms with E-state index in [0.717, 1.165) is 18.6 Å². The zero-order chi connectivity index (χ0) is 21.1. The maximum atomic E-state index is 12.7. The lowest BCUT2D eigenvalue weighted by Gasteiger charge is -2.17. The standard InChI is InChI=1S/C23H24N2O4S/c1-15-4-2-5-16(10-15)13-30-14-21(26)24-17-7-8-19-20(11-17)23(28)25(22(19)27)12-18-6-3-9-29-18/h2,4-5,7-8,10-11,18H,3,6,9,12-14H2,1H3,(H,24,26). The van der Waals surface area contributed by atoms with E-state index < -0.39 is 0 Å². The van der Waals surface area contributed by atoms with Crippen LogP contribution in [-0.4, -0.2) is 47.6 Å². The second-order valence-corrected chi connectivity index (χ2v) is 8.63. The molecule has 1 fully saturated rings. The van der Waals surface area contributed by atoms with Crippen LogP contribution in [0.5, 0.6) is 0 Å². The molecule has 0 aromatic heterocycles. The van der Waals surface area contributed by atoms with Crippen LogP contribution in [0.1, 0.15) is 44.7 Å². The molecule has 0 radical (unpaired) electrons. The average molecular weight is 425 g/mol. The number of nitrogens with zero attached hydrogens (tertiary/aromatic N) is 1. The number of imide groups is 1. The quantitative estimate of drug-likeness (QED) is 0.687. The lowest BCUT2D eigenvalue weighted by Crippen LogP contribution is -2.36. The minimum atomic E-state index is -0.324. The lowest BCUT2D eigenvalue weighted by molar-refractivity contribution is -0.113. The molecular formula is C23H24N2O4S. The Morgan fingerprint density at radius 3 is 2.77 bits per heavy atom. The number of thioether (sulfide) groups is 1. The summed E-state index contributed by atoms with van der Waals surface area (Å²) in [4.78, 5) is 38.9. The van der Waals surface area contributed by atoms with E-state index in [1.54, 1.807) is 18.2 Å². The average Bonchev–Trinajstić information content (AvgIpc) is 3.31. The van der Waals surface area contributed by atoms with Crippen molar-refractivity contribution >= 4 is 35.2 Å². The van der Waals surface area contributed by atoms with Crippen molar-refractivity contribution in [3.8, 4) is 0 Å². The number of hydrogen-bond acceptors (Lipinski definition) is 5. The molecule has 7 heteroatoms. The van der Waals surface area contributed by atoms with E-state index in [2.05, 4.69) is 11.4 Å². The van der Waals surface area contributed by atoms with Crippen molar-refractivity contribution in [1.29, 1.82) is 0 Å². The summed E-state index contributed by atoms with van der Waals surface area (Å²) in [5, 5.41) is 2.83. The van der Waals surface area contributed by atoms with Crippen molar-refractivity contribution in [2.45, 2.75) is 31.6 Å². The van der Waals surface area contributed by atoms with Crippen LogP contribution in [0.15, 0.2) is 42.5 Å². The monoisotopic (exact) mass is 424 g/mol. The number of hydrogen-bond donors (Lipinski definition) is 1. The van der Waals surface area contributed by atoms with Gasteiger partial charge in [-0.1, -0.05) is 29.8 Å². The van der Waals surface area contributed by atoms with E-state index in [1.807, 2.05) is 25.1 Å². The van der Waals surface area contributed by atoms with Crippen LogP contribution in [0.2, 0.25) is 0 Å². The van der Waals surface area contributed by atoms with Gasteiger partial charge in [0.25, 0.3) is 11.8 Å². The van der Waals surface area contributed by atoms with Crippen molar-refractivity contribution in [2.24, 2.45) is 0 Å². The third kappa shape index (κ3) is 4.57. The number of carbonyl (C=O) groups is 3. The largest absolute Gasteiger partial charge is 0.376 e. The second-order valence-electron chi connectivity index (χ2n) is 7.65.